The molecule has 0 radical (unpaired) electrons. The topological polar surface area (TPSA) is 61.0 Å². The van der Waals surface area contributed by atoms with E-state index in [9.17, 15) is 0 Å². The first-order valence-electron chi connectivity index (χ1n) is 8.87. The van der Waals surface area contributed by atoms with Crippen molar-refractivity contribution in [3.63, 3.8) is 0 Å². The van der Waals surface area contributed by atoms with Gasteiger partial charge in [0.25, 0.3) is 0 Å². The predicted molar refractivity (Wildman–Crippen MR) is 97.0 cm³/mol. The van der Waals surface area contributed by atoms with Gasteiger partial charge in [-0.25, -0.2) is 4.98 Å². The van der Waals surface area contributed by atoms with Gasteiger partial charge in [-0.05, 0) is 12.1 Å². The maximum Gasteiger partial charge on any atom is 0.0949 e. The van der Waals surface area contributed by atoms with Gasteiger partial charge in [-0.2, -0.15) is 5.10 Å². The van der Waals surface area contributed by atoms with Crippen LogP contribution < -0.4 is 0 Å². The van der Waals surface area contributed by atoms with E-state index < -0.39 is 0 Å². The Hall–Kier alpha value is -2.51. The summed E-state index contributed by atoms with van der Waals surface area (Å²) in [6, 6.07) is 6.21. The molecule has 26 heavy (non-hydrogen) atoms. The molecule has 0 spiro atoms. The molecular weight excluding hydrogens is 328 g/mol. The van der Waals surface area contributed by atoms with Gasteiger partial charge in [0.05, 0.1) is 37.1 Å². The first kappa shape index (κ1) is 16.9. The largest absolute Gasteiger partial charge is 0.374 e. The van der Waals surface area contributed by atoms with E-state index in [1.165, 1.54) is 11.3 Å². The van der Waals surface area contributed by atoms with Gasteiger partial charge < -0.3 is 9.30 Å². The highest BCUT2D eigenvalue weighted by Crippen LogP contribution is 2.24. The van der Waals surface area contributed by atoms with E-state index in [-0.39, 0.29) is 0 Å². The second kappa shape index (κ2) is 7.39. The molecule has 0 N–H and O–H groups in total. The van der Waals surface area contributed by atoms with Crippen molar-refractivity contribution in [2.75, 3.05) is 6.61 Å². The van der Waals surface area contributed by atoms with Crippen LogP contribution in [-0.4, -0.2) is 41.9 Å². The zero-order valence-electron chi connectivity index (χ0n) is 15.2. The molecular formula is C19H24N6O. The van der Waals surface area contributed by atoms with Crippen molar-refractivity contribution in [3.8, 4) is 0 Å². The van der Waals surface area contributed by atoms with Crippen LogP contribution in [0.3, 0.4) is 0 Å². The number of pyridine rings is 1. The van der Waals surface area contributed by atoms with Crippen LogP contribution in [0.5, 0.6) is 0 Å². The molecule has 1 aliphatic rings. The average Bonchev–Trinajstić information content (AvgIpc) is 3.22. The standard InChI is InChI=1S/C19H24N6O/c1-23-14-21-18-11-25(10-15-8-22-24(2)9-15)17(7-19(18)23)13-26-12-16-5-3-4-6-20-16/h3-6,8-9,14,17H,7,10-13H2,1-2H3/t17-/m1/s1. The van der Waals surface area contributed by atoms with Crippen LogP contribution in [0, 0.1) is 0 Å². The maximum atomic E-state index is 6.01. The second-order valence-electron chi connectivity index (χ2n) is 6.87. The van der Waals surface area contributed by atoms with E-state index in [2.05, 4.69) is 37.8 Å². The van der Waals surface area contributed by atoms with Gasteiger partial charge in [0, 0.05) is 63.3 Å². The van der Waals surface area contributed by atoms with Crippen LogP contribution in [0.2, 0.25) is 0 Å². The summed E-state index contributed by atoms with van der Waals surface area (Å²) in [5.41, 5.74) is 4.64. The minimum Gasteiger partial charge on any atom is -0.374 e. The molecule has 3 aromatic heterocycles. The van der Waals surface area contributed by atoms with Crippen molar-refractivity contribution in [2.24, 2.45) is 14.1 Å². The van der Waals surface area contributed by atoms with Gasteiger partial charge in [0.2, 0.25) is 0 Å². The Labute approximate surface area is 153 Å². The molecule has 136 valence electrons. The molecule has 0 bridgehead atoms. The molecule has 0 amide bonds. The molecule has 0 saturated carbocycles. The number of aryl methyl sites for hydroxylation is 2. The maximum absolute atomic E-state index is 6.01. The molecule has 0 aliphatic carbocycles. The number of ether oxygens (including phenoxy) is 1. The summed E-state index contributed by atoms with van der Waals surface area (Å²) in [6.45, 7) is 2.89. The average molecular weight is 352 g/mol. The fourth-order valence-electron chi connectivity index (χ4n) is 3.49. The summed E-state index contributed by atoms with van der Waals surface area (Å²) < 4.78 is 9.98. The zero-order chi connectivity index (χ0) is 17.9. The van der Waals surface area contributed by atoms with Gasteiger partial charge in [-0.15, -0.1) is 0 Å². The Morgan fingerprint density at radius 1 is 1.23 bits per heavy atom. The van der Waals surface area contributed by atoms with Crippen molar-refractivity contribution in [1.82, 2.24) is 29.2 Å². The molecule has 4 rings (SSSR count). The first-order valence-corrected chi connectivity index (χ1v) is 8.87. The highest BCUT2D eigenvalue weighted by Gasteiger charge is 2.29. The summed E-state index contributed by atoms with van der Waals surface area (Å²) in [4.78, 5) is 11.3. The minimum atomic E-state index is 0.307. The number of rotatable bonds is 6. The fraction of sp³-hybridized carbons (Fsp3) is 0.421. The molecule has 7 nitrogen and oxygen atoms in total. The normalized spacial score (nSPS) is 17.4. The summed E-state index contributed by atoms with van der Waals surface area (Å²) in [6.07, 6.45) is 8.65. The third-order valence-electron chi connectivity index (χ3n) is 4.87. The lowest BCUT2D eigenvalue weighted by Gasteiger charge is -2.35. The third kappa shape index (κ3) is 3.68. The van der Waals surface area contributed by atoms with E-state index >= 15 is 0 Å². The van der Waals surface area contributed by atoms with Crippen molar-refractivity contribution < 1.29 is 4.74 Å². The van der Waals surface area contributed by atoms with E-state index in [1.54, 1.807) is 6.20 Å². The van der Waals surface area contributed by atoms with Gasteiger partial charge >= 0.3 is 0 Å². The molecule has 0 unspecified atom stereocenters. The number of hydrogen-bond acceptors (Lipinski definition) is 5. The summed E-state index contributed by atoms with van der Waals surface area (Å²) in [5, 5.41) is 4.29. The van der Waals surface area contributed by atoms with Crippen molar-refractivity contribution in [2.45, 2.75) is 32.2 Å². The minimum absolute atomic E-state index is 0.307. The quantitative estimate of drug-likeness (QED) is 0.676. The van der Waals surface area contributed by atoms with Gasteiger partial charge in [0.1, 0.15) is 0 Å². The lowest BCUT2D eigenvalue weighted by molar-refractivity contribution is 0.0349. The number of imidazole rings is 1. The van der Waals surface area contributed by atoms with Crippen molar-refractivity contribution in [3.05, 3.63) is 65.8 Å². The zero-order valence-corrected chi connectivity index (χ0v) is 15.2. The van der Waals surface area contributed by atoms with Gasteiger partial charge in [-0.3, -0.25) is 14.6 Å². The molecule has 0 saturated heterocycles. The SMILES string of the molecule is Cn1cc(CN2Cc3ncn(C)c3C[C@@H]2COCc2ccccn2)cn1. The smallest absolute Gasteiger partial charge is 0.0949 e. The van der Waals surface area contributed by atoms with E-state index in [0.717, 1.165) is 30.9 Å². The second-order valence-corrected chi connectivity index (χ2v) is 6.87. The number of aromatic nitrogens is 5. The fourth-order valence-corrected chi connectivity index (χ4v) is 3.49. The highest BCUT2D eigenvalue weighted by molar-refractivity contribution is 5.19. The molecule has 4 heterocycles. The lowest BCUT2D eigenvalue weighted by Crippen LogP contribution is -2.43. The monoisotopic (exact) mass is 352 g/mol. The van der Waals surface area contributed by atoms with E-state index in [0.29, 0.717) is 19.3 Å². The van der Waals surface area contributed by atoms with Crippen LogP contribution in [0.25, 0.3) is 0 Å². The Balaban J connectivity index is 1.46. The molecule has 1 atom stereocenters. The van der Waals surface area contributed by atoms with Crippen LogP contribution >= 0.6 is 0 Å². The van der Waals surface area contributed by atoms with Crippen LogP contribution in [0.15, 0.2) is 43.1 Å². The molecule has 7 heteroatoms. The number of hydrogen-bond donors (Lipinski definition) is 0. The Bertz CT molecular complexity index is 856. The Morgan fingerprint density at radius 2 is 2.15 bits per heavy atom. The van der Waals surface area contributed by atoms with Crippen molar-refractivity contribution in [1.29, 1.82) is 0 Å². The van der Waals surface area contributed by atoms with Gasteiger partial charge in [-0.1, -0.05) is 6.07 Å². The molecule has 1 aliphatic heterocycles. The summed E-state index contributed by atoms with van der Waals surface area (Å²) in [7, 11) is 4.01. The third-order valence-corrected chi connectivity index (χ3v) is 4.87. The molecule has 0 aromatic carbocycles. The van der Waals surface area contributed by atoms with E-state index in [1.807, 2.05) is 42.5 Å². The predicted octanol–water partition coefficient (Wildman–Crippen LogP) is 1.69. The summed E-state index contributed by atoms with van der Waals surface area (Å²) in [5.74, 6) is 0. The van der Waals surface area contributed by atoms with Crippen LogP contribution in [0.4, 0.5) is 0 Å². The van der Waals surface area contributed by atoms with Gasteiger partial charge in [0.15, 0.2) is 0 Å². The highest BCUT2D eigenvalue weighted by atomic mass is 16.5. The van der Waals surface area contributed by atoms with Crippen LogP contribution in [-0.2, 0) is 44.9 Å². The summed E-state index contributed by atoms with van der Waals surface area (Å²) >= 11 is 0. The molecule has 3 aromatic rings. The first-order chi connectivity index (χ1) is 12.7. The van der Waals surface area contributed by atoms with E-state index in [4.69, 9.17) is 4.74 Å². The number of fused-ring (bicyclic) bond motifs is 1. The van der Waals surface area contributed by atoms with Crippen LogP contribution in [0.1, 0.15) is 22.6 Å². The molecule has 0 fully saturated rings. The lowest BCUT2D eigenvalue weighted by atomic mass is 10.0. The Kier molecular flexibility index (Phi) is 4.81. The number of nitrogens with zero attached hydrogens (tertiary/aromatic N) is 6. The Morgan fingerprint density at radius 3 is 2.92 bits per heavy atom. The van der Waals surface area contributed by atoms with Crippen molar-refractivity contribution >= 4 is 0 Å².